The second-order valence-electron chi connectivity index (χ2n) is 4.13. The Kier molecular flexibility index (Phi) is 5.50. The quantitative estimate of drug-likeness (QED) is 0.756. The number of hydrogen-bond donors (Lipinski definition) is 0. The van der Waals surface area contributed by atoms with Crippen LogP contribution in [0.15, 0.2) is 54.6 Å². The highest BCUT2D eigenvalue weighted by atomic mass is 32.2. The number of carbonyl (C=O) groups is 1. The lowest BCUT2D eigenvalue weighted by Crippen LogP contribution is -2.03. The summed E-state index contributed by atoms with van der Waals surface area (Å²) in [6.45, 7) is 0. The Bertz CT molecular complexity index is 537. The lowest BCUT2D eigenvalue weighted by atomic mass is 10.2. The van der Waals surface area contributed by atoms with Crippen molar-refractivity contribution in [3.8, 4) is 11.5 Å². The van der Waals surface area contributed by atoms with Crippen molar-refractivity contribution in [3.05, 3.63) is 60.2 Å². The summed E-state index contributed by atoms with van der Waals surface area (Å²) in [4.78, 5) is 11.0. The van der Waals surface area contributed by atoms with E-state index in [1.807, 2.05) is 54.6 Å². The molecule has 0 fully saturated rings. The van der Waals surface area contributed by atoms with E-state index in [0.29, 0.717) is 5.75 Å². The maximum atomic E-state index is 11.0. The van der Waals surface area contributed by atoms with E-state index in [9.17, 15) is 4.79 Å². The van der Waals surface area contributed by atoms with Gasteiger partial charge in [-0.05, 0) is 29.8 Å². The normalized spacial score (nSPS) is 10.1. The number of esters is 1. The highest BCUT2D eigenvalue weighted by molar-refractivity contribution is 7.99. The van der Waals surface area contributed by atoms with Crippen LogP contribution in [0.1, 0.15) is 5.56 Å². The van der Waals surface area contributed by atoms with E-state index in [1.165, 1.54) is 18.9 Å². The Morgan fingerprint density at radius 3 is 2.30 bits per heavy atom. The van der Waals surface area contributed by atoms with Crippen LogP contribution in [-0.2, 0) is 15.3 Å². The van der Waals surface area contributed by atoms with Crippen molar-refractivity contribution in [1.29, 1.82) is 0 Å². The van der Waals surface area contributed by atoms with Crippen LogP contribution in [0.3, 0.4) is 0 Å². The van der Waals surface area contributed by atoms with Gasteiger partial charge >= 0.3 is 5.97 Å². The Hall–Kier alpha value is -1.94. The van der Waals surface area contributed by atoms with E-state index in [2.05, 4.69) is 4.74 Å². The number of rotatable bonds is 6. The summed E-state index contributed by atoms with van der Waals surface area (Å²) in [6.07, 6.45) is 0. The van der Waals surface area contributed by atoms with Crippen molar-refractivity contribution in [1.82, 2.24) is 0 Å². The lowest BCUT2D eigenvalue weighted by Gasteiger charge is -2.06. The van der Waals surface area contributed by atoms with Crippen molar-refractivity contribution in [2.75, 3.05) is 12.9 Å². The summed E-state index contributed by atoms with van der Waals surface area (Å²) in [5, 5.41) is 0. The molecule has 0 heterocycles. The van der Waals surface area contributed by atoms with E-state index in [4.69, 9.17) is 4.74 Å². The van der Waals surface area contributed by atoms with Crippen LogP contribution in [0, 0.1) is 0 Å². The number of para-hydroxylation sites is 1. The van der Waals surface area contributed by atoms with Crippen LogP contribution in [0.25, 0.3) is 0 Å². The summed E-state index contributed by atoms with van der Waals surface area (Å²) < 4.78 is 10.3. The smallest absolute Gasteiger partial charge is 0.315 e. The molecule has 2 aromatic carbocycles. The fourth-order valence-corrected chi connectivity index (χ4v) is 2.40. The molecule has 0 atom stereocenters. The third-order valence-corrected chi connectivity index (χ3v) is 3.60. The van der Waals surface area contributed by atoms with Gasteiger partial charge in [-0.15, -0.1) is 11.8 Å². The first-order valence-corrected chi connectivity index (χ1v) is 7.40. The van der Waals surface area contributed by atoms with Gasteiger partial charge in [-0.3, -0.25) is 4.79 Å². The van der Waals surface area contributed by atoms with E-state index >= 15 is 0 Å². The highest BCUT2D eigenvalue weighted by Gasteiger charge is 2.01. The lowest BCUT2D eigenvalue weighted by molar-refractivity contribution is -0.137. The van der Waals surface area contributed by atoms with Gasteiger partial charge in [-0.2, -0.15) is 0 Å². The molecule has 2 rings (SSSR count). The van der Waals surface area contributed by atoms with Gasteiger partial charge in [0, 0.05) is 5.75 Å². The second kappa shape index (κ2) is 7.60. The molecule has 0 saturated carbocycles. The number of ether oxygens (including phenoxy) is 2. The molecule has 4 heteroatoms. The number of carbonyl (C=O) groups excluding carboxylic acids is 1. The number of benzene rings is 2. The standard InChI is InChI=1S/C16H16O3S/c1-18-16(17)12-20-11-13-7-9-15(10-8-13)19-14-5-3-2-4-6-14/h2-10H,11-12H2,1H3. The number of thioether (sulfide) groups is 1. The molecule has 3 nitrogen and oxygen atoms in total. The summed E-state index contributed by atoms with van der Waals surface area (Å²) >= 11 is 1.53. The van der Waals surface area contributed by atoms with E-state index in [-0.39, 0.29) is 5.97 Å². The molecule has 0 bridgehead atoms. The zero-order valence-electron chi connectivity index (χ0n) is 11.2. The molecule has 0 N–H and O–H groups in total. The van der Waals surface area contributed by atoms with Gasteiger partial charge in [0.1, 0.15) is 11.5 Å². The van der Waals surface area contributed by atoms with Crippen molar-refractivity contribution >= 4 is 17.7 Å². The molecule has 0 aliphatic heterocycles. The van der Waals surface area contributed by atoms with Crippen LogP contribution < -0.4 is 4.74 Å². The Labute approximate surface area is 122 Å². The maximum absolute atomic E-state index is 11.0. The van der Waals surface area contributed by atoms with Gasteiger partial charge < -0.3 is 9.47 Å². The molecule has 20 heavy (non-hydrogen) atoms. The van der Waals surface area contributed by atoms with Crippen LogP contribution in [0.2, 0.25) is 0 Å². The molecule has 0 spiro atoms. The van der Waals surface area contributed by atoms with Gasteiger partial charge in [0.05, 0.1) is 12.9 Å². The molecule has 0 radical (unpaired) electrons. The topological polar surface area (TPSA) is 35.5 Å². The second-order valence-corrected chi connectivity index (χ2v) is 5.11. The van der Waals surface area contributed by atoms with Crippen LogP contribution >= 0.6 is 11.8 Å². The fraction of sp³-hybridized carbons (Fsp3) is 0.188. The average Bonchev–Trinajstić information content (AvgIpc) is 2.50. The zero-order chi connectivity index (χ0) is 14.2. The van der Waals surface area contributed by atoms with Gasteiger partial charge in [-0.1, -0.05) is 30.3 Å². The molecule has 0 unspecified atom stereocenters. The van der Waals surface area contributed by atoms with Gasteiger partial charge in [0.2, 0.25) is 0 Å². The van der Waals surface area contributed by atoms with Crippen LogP contribution in [-0.4, -0.2) is 18.8 Å². The molecule has 0 aromatic heterocycles. The molecule has 104 valence electrons. The fourth-order valence-electron chi connectivity index (χ4n) is 1.59. The van der Waals surface area contributed by atoms with Crippen molar-refractivity contribution in [3.63, 3.8) is 0 Å². The first kappa shape index (κ1) is 14.5. The van der Waals surface area contributed by atoms with Crippen LogP contribution in [0.4, 0.5) is 0 Å². The summed E-state index contributed by atoms with van der Waals surface area (Å²) in [6, 6.07) is 17.5. The molecule has 0 saturated heterocycles. The van der Waals surface area contributed by atoms with Gasteiger partial charge in [-0.25, -0.2) is 0 Å². The minimum absolute atomic E-state index is 0.195. The summed E-state index contributed by atoms with van der Waals surface area (Å²) in [5.41, 5.74) is 1.15. The molecule has 0 aliphatic rings. The van der Waals surface area contributed by atoms with Crippen molar-refractivity contribution in [2.45, 2.75) is 5.75 Å². The molecule has 2 aromatic rings. The maximum Gasteiger partial charge on any atom is 0.315 e. The Balaban J connectivity index is 1.85. The molecule has 0 amide bonds. The minimum Gasteiger partial charge on any atom is -0.468 e. The van der Waals surface area contributed by atoms with Crippen molar-refractivity contribution < 1.29 is 14.3 Å². The van der Waals surface area contributed by atoms with E-state index in [1.54, 1.807) is 0 Å². The average molecular weight is 288 g/mol. The number of methoxy groups -OCH3 is 1. The third-order valence-electron chi connectivity index (χ3n) is 2.62. The van der Waals surface area contributed by atoms with E-state index in [0.717, 1.165) is 22.8 Å². The SMILES string of the molecule is COC(=O)CSCc1ccc(Oc2ccccc2)cc1. The first-order valence-electron chi connectivity index (χ1n) is 6.24. The third kappa shape index (κ3) is 4.63. The summed E-state index contributed by atoms with van der Waals surface area (Å²) in [7, 11) is 1.40. The Morgan fingerprint density at radius 2 is 1.65 bits per heavy atom. The summed E-state index contributed by atoms with van der Waals surface area (Å²) in [5.74, 6) is 2.58. The van der Waals surface area contributed by atoms with Gasteiger partial charge in [0.25, 0.3) is 0 Å². The molecular formula is C16H16O3S. The molecule has 0 aliphatic carbocycles. The Morgan fingerprint density at radius 1 is 1.00 bits per heavy atom. The predicted molar refractivity (Wildman–Crippen MR) is 81.1 cm³/mol. The van der Waals surface area contributed by atoms with Crippen molar-refractivity contribution in [2.24, 2.45) is 0 Å². The van der Waals surface area contributed by atoms with Gasteiger partial charge in [0.15, 0.2) is 0 Å². The minimum atomic E-state index is -0.195. The van der Waals surface area contributed by atoms with E-state index < -0.39 is 0 Å². The first-order chi connectivity index (χ1) is 9.78. The highest BCUT2D eigenvalue weighted by Crippen LogP contribution is 2.22. The zero-order valence-corrected chi connectivity index (χ0v) is 12.1. The van der Waals surface area contributed by atoms with Crippen LogP contribution in [0.5, 0.6) is 11.5 Å². The molecular weight excluding hydrogens is 272 g/mol. The largest absolute Gasteiger partial charge is 0.468 e. The number of hydrogen-bond acceptors (Lipinski definition) is 4. The predicted octanol–water partition coefficient (Wildman–Crippen LogP) is 3.89. The monoisotopic (exact) mass is 288 g/mol.